The highest BCUT2D eigenvalue weighted by molar-refractivity contribution is 5.90. The third-order valence-corrected chi connectivity index (χ3v) is 4.41. The number of esters is 1. The van der Waals surface area contributed by atoms with Crippen LogP contribution in [0.4, 0.5) is 0 Å². The number of aromatic nitrogens is 4. The Balaban J connectivity index is 1.51. The molecule has 7 heteroatoms. The number of rotatable bonds is 4. The highest BCUT2D eigenvalue weighted by Gasteiger charge is 2.32. The van der Waals surface area contributed by atoms with E-state index in [1.165, 1.54) is 0 Å². The zero-order chi connectivity index (χ0) is 17.2. The van der Waals surface area contributed by atoms with Gasteiger partial charge in [-0.3, -0.25) is 4.68 Å². The number of carbonyl (C=O) groups is 1. The predicted molar refractivity (Wildman–Crippen MR) is 88.8 cm³/mol. The first kappa shape index (κ1) is 15.6. The van der Waals surface area contributed by atoms with Crippen LogP contribution in [0.3, 0.4) is 0 Å². The third-order valence-electron chi connectivity index (χ3n) is 4.41. The van der Waals surface area contributed by atoms with Crippen LogP contribution in [-0.4, -0.2) is 32.1 Å². The molecule has 1 aromatic carbocycles. The van der Waals surface area contributed by atoms with Gasteiger partial charge in [-0.1, -0.05) is 6.07 Å². The average Bonchev–Trinajstić information content (AvgIpc) is 3.35. The molecule has 128 valence electrons. The Hall–Kier alpha value is -2.96. The molecule has 0 radical (unpaired) electrons. The molecule has 1 fully saturated rings. The molecule has 1 aliphatic rings. The van der Waals surface area contributed by atoms with Crippen LogP contribution in [0.25, 0.3) is 11.5 Å². The summed E-state index contributed by atoms with van der Waals surface area (Å²) in [7, 11) is 0. The van der Waals surface area contributed by atoms with E-state index in [0.29, 0.717) is 22.9 Å². The fourth-order valence-corrected chi connectivity index (χ4v) is 3.22. The minimum atomic E-state index is -0.345. The number of hydrogen-bond donors (Lipinski definition) is 0. The largest absolute Gasteiger partial charge is 0.457 e. The van der Waals surface area contributed by atoms with Crippen molar-refractivity contribution in [1.29, 1.82) is 0 Å². The smallest absolute Gasteiger partial charge is 0.338 e. The summed E-state index contributed by atoms with van der Waals surface area (Å²) in [5.41, 5.74) is 1.17. The number of benzene rings is 1. The van der Waals surface area contributed by atoms with Crippen molar-refractivity contribution in [3.05, 3.63) is 54.2 Å². The first-order chi connectivity index (χ1) is 12.2. The van der Waals surface area contributed by atoms with Gasteiger partial charge in [0.2, 0.25) is 11.8 Å². The van der Waals surface area contributed by atoms with Crippen LogP contribution < -0.4 is 0 Å². The number of carbonyl (C=O) groups excluding carboxylic acids is 1. The number of nitrogens with zero attached hydrogens (tertiary/aromatic N) is 4. The van der Waals surface area contributed by atoms with E-state index in [1.807, 2.05) is 23.0 Å². The lowest BCUT2D eigenvalue weighted by Gasteiger charge is -2.20. The third kappa shape index (κ3) is 3.17. The molecule has 3 aromatic rings. The van der Waals surface area contributed by atoms with E-state index in [2.05, 4.69) is 15.3 Å². The Morgan fingerprint density at radius 2 is 2.20 bits per heavy atom. The van der Waals surface area contributed by atoms with Gasteiger partial charge >= 0.3 is 5.97 Å². The maximum Gasteiger partial charge on any atom is 0.338 e. The Morgan fingerprint density at radius 3 is 2.96 bits per heavy atom. The zero-order valence-electron chi connectivity index (χ0n) is 13.8. The number of hydrogen-bond acceptors (Lipinski definition) is 6. The van der Waals surface area contributed by atoms with Gasteiger partial charge in [0.25, 0.3) is 0 Å². The number of aryl methyl sites for hydroxylation is 1. The second-order valence-electron chi connectivity index (χ2n) is 6.14. The quantitative estimate of drug-likeness (QED) is 0.679. The molecule has 1 saturated carbocycles. The van der Waals surface area contributed by atoms with E-state index >= 15 is 0 Å². The molecule has 0 saturated heterocycles. The second kappa shape index (κ2) is 6.51. The molecular weight excluding hydrogens is 320 g/mol. The summed E-state index contributed by atoms with van der Waals surface area (Å²) in [6.07, 6.45) is 6.31. The molecule has 0 aliphatic heterocycles. The van der Waals surface area contributed by atoms with Crippen molar-refractivity contribution in [3.8, 4) is 11.5 Å². The summed E-state index contributed by atoms with van der Waals surface area (Å²) in [5, 5.41) is 12.1. The van der Waals surface area contributed by atoms with Gasteiger partial charge in [-0.2, -0.15) is 5.10 Å². The maximum atomic E-state index is 12.6. The van der Waals surface area contributed by atoms with Crippen LogP contribution in [0.5, 0.6) is 0 Å². The van der Waals surface area contributed by atoms with Crippen LogP contribution in [-0.2, 0) is 4.74 Å². The lowest BCUT2D eigenvalue weighted by molar-refractivity contribution is 0.0210. The molecule has 25 heavy (non-hydrogen) atoms. The highest BCUT2D eigenvalue weighted by atomic mass is 16.5. The average molecular weight is 338 g/mol. The zero-order valence-corrected chi connectivity index (χ0v) is 13.8. The van der Waals surface area contributed by atoms with Crippen LogP contribution >= 0.6 is 0 Å². The van der Waals surface area contributed by atoms with Crippen LogP contribution in [0.2, 0.25) is 0 Å². The fraction of sp³-hybridized carbons (Fsp3) is 0.333. The lowest BCUT2D eigenvalue weighted by Crippen LogP contribution is -2.25. The molecule has 0 N–H and O–H groups in total. The first-order valence-corrected chi connectivity index (χ1v) is 8.31. The summed E-state index contributed by atoms with van der Waals surface area (Å²) < 4.78 is 13.1. The van der Waals surface area contributed by atoms with E-state index in [1.54, 1.807) is 31.3 Å². The molecule has 2 heterocycles. The minimum Gasteiger partial charge on any atom is -0.457 e. The Kier molecular flexibility index (Phi) is 4.05. The van der Waals surface area contributed by atoms with Gasteiger partial charge in [0.1, 0.15) is 6.10 Å². The molecule has 0 spiro atoms. The second-order valence-corrected chi connectivity index (χ2v) is 6.14. The van der Waals surface area contributed by atoms with Crippen molar-refractivity contribution in [2.45, 2.75) is 38.3 Å². The standard InChI is InChI=1S/C18H18N4O3/c1-12-20-21-17(24-12)13-5-2-6-14(11-13)18(23)25-16-8-3-7-15(16)22-10-4-9-19-22/h2,4-6,9-11,15-16H,3,7-8H2,1H3/t15-,16-/m1/s1. The van der Waals surface area contributed by atoms with Crippen molar-refractivity contribution in [2.75, 3.05) is 0 Å². The van der Waals surface area contributed by atoms with Crippen LogP contribution in [0.15, 0.2) is 47.1 Å². The van der Waals surface area contributed by atoms with Gasteiger partial charge in [0.15, 0.2) is 0 Å². The van der Waals surface area contributed by atoms with Gasteiger partial charge in [0.05, 0.1) is 11.6 Å². The van der Waals surface area contributed by atoms with Gasteiger partial charge in [0, 0.05) is 24.9 Å². The van der Waals surface area contributed by atoms with Crippen LogP contribution in [0, 0.1) is 6.92 Å². The maximum absolute atomic E-state index is 12.6. The molecule has 4 rings (SSSR count). The predicted octanol–water partition coefficient (Wildman–Crippen LogP) is 3.19. The van der Waals surface area contributed by atoms with Gasteiger partial charge in [-0.15, -0.1) is 10.2 Å². The molecule has 0 unspecified atom stereocenters. The monoisotopic (exact) mass is 338 g/mol. The van der Waals surface area contributed by atoms with E-state index in [0.717, 1.165) is 19.3 Å². The Labute approximate surface area is 144 Å². The first-order valence-electron chi connectivity index (χ1n) is 8.31. The summed E-state index contributed by atoms with van der Waals surface area (Å²) in [5.74, 6) is 0.528. The molecule has 1 aliphatic carbocycles. The van der Waals surface area contributed by atoms with Crippen molar-refractivity contribution >= 4 is 5.97 Å². The van der Waals surface area contributed by atoms with Crippen molar-refractivity contribution in [2.24, 2.45) is 0 Å². The van der Waals surface area contributed by atoms with Crippen molar-refractivity contribution in [3.63, 3.8) is 0 Å². The van der Waals surface area contributed by atoms with Gasteiger partial charge in [-0.25, -0.2) is 4.79 Å². The normalized spacial score (nSPS) is 19.9. The minimum absolute atomic E-state index is 0.0979. The van der Waals surface area contributed by atoms with Gasteiger partial charge in [-0.05, 0) is 43.5 Å². The summed E-state index contributed by atoms with van der Waals surface area (Å²) in [4.78, 5) is 12.6. The number of ether oxygens (including phenoxy) is 1. The van der Waals surface area contributed by atoms with E-state index in [9.17, 15) is 4.79 Å². The Morgan fingerprint density at radius 1 is 1.28 bits per heavy atom. The van der Waals surface area contributed by atoms with Gasteiger partial charge < -0.3 is 9.15 Å². The summed E-state index contributed by atoms with van der Waals surface area (Å²) >= 11 is 0. The van der Waals surface area contributed by atoms with E-state index in [-0.39, 0.29) is 18.1 Å². The van der Waals surface area contributed by atoms with Crippen LogP contribution in [0.1, 0.15) is 41.6 Å². The molecule has 7 nitrogen and oxygen atoms in total. The van der Waals surface area contributed by atoms with E-state index < -0.39 is 0 Å². The molecule has 0 amide bonds. The van der Waals surface area contributed by atoms with Crippen molar-refractivity contribution < 1.29 is 13.9 Å². The molecular formula is C18H18N4O3. The van der Waals surface area contributed by atoms with E-state index in [4.69, 9.17) is 9.15 Å². The lowest BCUT2D eigenvalue weighted by atomic mass is 10.1. The summed E-state index contributed by atoms with van der Waals surface area (Å²) in [6, 6.07) is 9.03. The molecule has 2 aromatic heterocycles. The molecule has 2 atom stereocenters. The Bertz CT molecular complexity index is 872. The summed E-state index contributed by atoms with van der Waals surface area (Å²) in [6.45, 7) is 1.73. The fourth-order valence-electron chi connectivity index (χ4n) is 3.22. The van der Waals surface area contributed by atoms with Crippen molar-refractivity contribution in [1.82, 2.24) is 20.0 Å². The SMILES string of the molecule is Cc1nnc(-c2cccc(C(=O)O[C@@H]3CCC[C@H]3n3cccn3)c2)o1. The molecule has 0 bridgehead atoms. The topological polar surface area (TPSA) is 83.0 Å². The highest BCUT2D eigenvalue weighted by Crippen LogP contribution is 2.32.